The van der Waals surface area contributed by atoms with Gasteiger partial charge in [0, 0.05) is 17.7 Å². The number of amides is 1. The molecule has 3 rings (SSSR count). The third-order valence-electron chi connectivity index (χ3n) is 4.83. The van der Waals surface area contributed by atoms with Crippen molar-refractivity contribution in [2.24, 2.45) is 5.92 Å². The molecule has 4 nitrogen and oxygen atoms in total. The first kappa shape index (κ1) is 18.2. The molecule has 2 aromatic carbocycles. The molecule has 1 aliphatic carbocycles. The van der Waals surface area contributed by atoms with Crippen LogP contribution in [0, 0.1) is 5.92 Å². The summed E-state index contributed by atoms with van der Waals surface area (Å²) in [7, 11) is 0. The van der Waals surface area contributed by atoms with Crippen LogP contribution in [0.5, 0.6) is 0 Å². The highest BCUT2D eigenvalue weighted by molar-refractivity contribution is 5.96. The Kier molecular flexibility index (Phi) is 6.42. The molecule has 0 aromatic heterocycles. The molecule has 1 fully saturated rings. The summed E-state index contributed by atoms with van der Waals surface area (Å²) >= 11 is 0. The number of hydrogen-bond acceptors (Lipinski definition) is 3. The van der Waals surface area contributed by atoms with Gasteiger partial charge in [0.2, 0.25) is 0 Å². The predicted molar refractivity (Wildman–Crippen MR) is 103 cm³/mol. The van der Waals surface area contributed by atoms with E-state index in [-0.39, 0.29) is 18.5 Å². The Hall–Kier alpha value is -2.62. The molecular weight excluding hydrogens is 326 g/mol. The molecule has 0 unspecified atom stereocenters. The topological polar surface area (TPSA) is 55.4 Å². The summed E-state index contributed by atoms with van der Waals surface area (Å²) in [6.07, 6.45) is 6.24. The Bertz CT molecular complexity index is 736. The molecule has 1 aliphatic rings. The standard InChI is InChI=1S/C22H25NO3/c24-21(16-26-22(25)15-17-9-3-1-4-10-17)23-20-14-8-7-13-19(20)18-11-5-2-6-12-18/h2,5-8,11-14,17H,1,3-4,9-10,15-16H2,(H,23,24). The van der Waals surface area contributed by atoms with E-state index in [0.717, 1.165) is 24.0 Å². The number of esters is 1. The minimum Gasteiger partial charge on any atom is -0.456 e. The Balaban J connectivity index is 1.53. The van der Waals surface area contributed by atoms with E-state index in [9.17, 15) is 9.59 Å². The van der Waals surface area contributed by atoms with E-state index < -0.39 is 0 Å². The van der Waals surface area contributed by atoms with Crippen LogP contribution >= 0.6 is 0 Å². The average molecular weight is 351 g/mol. The molecule has 4 heteroatoms. The summed E-state index contributed by atoms with van der Waals surface area (Å²) in [6.45, 7) is -0.241. The van der Waals surface area contributed by atoms with Gasteiger partial charge >= 0.3 is 5.97 Å². The number of anilines is 1. The fraction of sp³-hybridized carbons (Fsp3) is 0.364. The van der Waals surface area contributed by atoms with Crippen molar-refractivity contribution in [3.63, 3.8) is 0 Å². The highest BCUT2D eigenvalue weighted by Gasteiger charge is 2.18. The predicted octanol–water partition coefficient (Wildman–Crippen LogP) is 4.81. The molecule has 26 heavy (non-hydrogen) atoms. The fourth-order valence-corrected chi connectivity index (χ4v) is 3.48. The van der Waals surface area contributed by atoms with Crippen LogP contribution in [0.25, 0.3) is 11.1 Å². The first-order chi connectivity index (χ1) is 12.7. The molecule has 136 valence electrons. The molecule has 2 aromatic rings. The summed E-state index contributed by atoms with van der Waals surface area (Å²) in [4.78, 5) is 24.2. The van der Waals surface area contributed by atoms with Gasteiger partial charge < -0.3 is 10.1 Å². The number of benzene rings is 2. The molecule has 0 aliphatic heterocycles. The van der Waals surface area contributed by atoms with Gasteiger partial charge in [-0.05, 0) is 30.4 Å². The van der Waals surface area contributed by atoms with E-state index in [1.54, 1.807) is 0 Å². The number of carbonyl (C=O) groups is 2. The number of para-hydroxylation sites is 1. The van der Waals surface area contributed by atoms with Crippen molar-refractivity contribution >= 4 is 17.6 Å². The lowest BCUT2D eigenvalue weighted by molar-refractivity contribution is -0.148. The first-order valence-electron chi connectivity index (χ1n) is 9.32. The molecule has 1 N–H and O–H groups in total. The van der Waals surface area contributed by atoms with Crippen LogP contribution in [0.4, 0.5) is 5.69 Å². The third-order valence-corrected chi connectivity index (χ3v) is 4.83. The van der Waals surface area contributed by atoms with Crippen molar-refractivity contribution in [2.45, 2.75) is 38.5 Å². The van der Waals surface area contributed by atoms with Gasteiger partial charge in [-0.2, -0.15) is 0 Å². The Labute approximate surface area is 154 Å². The van der Waals surface area contributed by atoms with E-state index in [2.05, 4.69) is 5.32 Å². The number of carbonyl (C=O) groups excluding carboxylic acids is 2. The maximum atomic E-state index is 12.2. The Morgan fingerprint density at radius 2 is 1.62 bits per heavy atom. The van der Waals surface area contributed by atoms with Crippen LogP contribution in [0.15, 0.2) is 54.6 Å². The van der Waals surface area contributed by atoms with Gasteiger partial charge in [0.05, 0.1) is 0 Å². The lowest BCUT2D eigenvalue weighted by Gasteiger charge is -2.20. The van der Waals surface area contributed by atoms with E-state index in [1.807, 2.05) is 54.6 Å². The van der Waals surface area contributed by atoms with Crippen LogP contribution in [-0.2, 0) is 14.3 Å². The quantitative estimate of drug-likeness (QED) is 0.760. The second-order valence-corrected chi connectivity index (χ2v) is 6.83. The van der Waals surface area contributed by atoms with Gasteiger partial charge in [0.25, 0.3) is 5.91 Å². The number of rotatable bonds is 6. The zero-order valence-corrected chi connectivity index (χ0v) is 14.9. The molecule has 0 bridgehead atoms. The summed E-state index contributed by atoms with van der Waals surface area (Å²) in [6, 6.07) is 17.5. The van der Waals surface area contributed by atoms with Crippen LogP contribution in [0.1, 0.15) is 38.5 Å². The van der Waals surface area contributed by atoms with Gasteiger partial charge in [0.1, 0.15) is 0 Å². The van der Waals surface area contributed by atoms with Gasteiger partial charge in [-0.15, -0.1) is 0 Å². The average Bonchev–Trinajstić information content (AvgIpc) is 2.68. The molecule has 0 spiro atoms. The first-order valence-corrected chi connectivity index (χ1v) is 9.32. The number of nitrogens with one attached hydrogen (secondary N) is 1. The van der Waals surface area contributed by atoms with E-state index in [4.69, 9.17) is 4.74 Å². The van der Waals surface area contributed by atoms with Crippen molar-refractivity contribution in [1.82, 2.24) is 0 Å². The molecular formula is C22H25NO3. The lowest BCUT2D eigenvalue weighted by Crippen LogP contribution is -2.22. The Morgan fingerprint density at radius 3 is 2.38 bits per heavy atom. The minimum atomic E-state index is -0.314. The van der Waals surface area contributed by atoms with Crippen LogP contribution in [-0.4, -0.2) is 18.5 Å². The maximum absolute atomic E-state index is 12.2. The zero-order chi connectivity index (χ0) is 18.2. The van der Waals surface area contributed by atoms with Gasteiger partial charge in [0.15, 0.2) is 6.61 Å². The van der Waals surface area contributed by atoms with Gasteiger partial charge in [-0.1, -0.05) is 67.8 Å². The summed E-state index contributed by atoms with van der Waals surface area (Å²) in [5.41, 5.74) is 2.68. The molecule has 0 heterocycles. The fourth-order valence-electron chi connectivity index (χ4n) is 3.48. The van der Waals surface area contributed by atoms with Crippen molar-refractivity contribution in [3.05, 3.63) is 54.6 Å². The van der Waals surface area contributed by atoms with Crippen LogP contribution < -0.4 is 5.32 Å². The Morgan fingerprint density at radius 1 is 0.923 bits per heavy atom. The molecule has 1 amide bonds. The molecule has 0 saturated heterocycles. The van der Waals surface area contributed by atoms with Crippen LogP contribution in [0.3, 0.4) is 0 Å². The summed E-state index contributed by atoms with van der Waals surface area (Å²) in [5.74, 6) is -0.174. The SMILES string of the molecule is O=C(COC(=O)CC1CCCCC1)Nc1ccccc1-c1ccccc1. The number of hydrogen-bond donors (Lipinski definition) is 1. The second kappa shape index (κ2) is 9.18. The van der Waals surface area contributed by atoms with E-state index >= 15 is 0 Å². The molecule has 1 saturated carbocycles. The van der Waals surface area contributed by atoms with E-state index in [0.29, 0.717) is 18.0 Å². The third kappa shape index (κ3) is 5.19. The minimum absolute atomic E-state index is 0.241. The van der Waals surface area contributed by atoms with Crippen LogP contribution in [0.2, 0.25) is 0 Å². The van der Waals surface area contributed by atoms with Crippen molar-refractivity contribution < 1.29 is 14.3 Å². The second-order valence-electron chi connectivity index (χ2n) is 6.83. The number of ether oxygens (including phenoxy) is 1. The van der Waals surface area contributed by atoms with Crippen molar-refractivity contribution in [1.29, 1.82) is 0 Å². The zero-order valence-electron chi connectivity index (χ0n) is 14.9. The summed E-state index contributed by atoms with van der Waals surface area (Å²) in [5, 5.41) is 2.85. The largest absolute Gasteiger partial charge is 0.456 e. The molecule has 0 radical (unpaired) electrons. The van der Waals surface area contributed by atoms with Crippen molar-refractivity contribution in [3.8, 4) is 11.1 Å². The van der Waals surface area contributed by atoms with Gasteiger partial charge in [-0.25, -0.2) is 0 Å². The highest BCUT2D eigenvalue weighted by Crippen LogP contribution is 2.28. The van der Waals surface area contributed by atoms with Gasteiger partial charge in [-0.3, -0.25) is 9.59 Å². The summed E-state index contributed by atoms with van der Waals surface area (Å²) < 4.78 is 5.17. The highest BCUT2D eigenvalue weighted by atomic mass is 16.5. The molecule has 0 atom stereocenters. The smallest absolute Gasteiger partial charge is 0.306 e. The maximum Gasteiger partial charge on any atom is 0.306 e. The van der Waals surface area contributed by atoms with Crippen molar-refractivity contribution in [2.75, 3.05) is 11.9 Å². The monoisotopic (exact) mass is 351 g/mol. The van der Waals surface area contributed by atoms with E-state index in [1.165, 1.54) is 19.3 Å². The lowest BCUT2D eigenvalue weighted by atomic mass is 9.87. The normalized spacial score (nSPS) is 14.6.